The van der Waals surface area contributed by atoms with Crippen molar-refractivity contribution in [3.63, 3.8) is 0 Å². The predicted octanol–water partition coefficient (Wildman–Crippen LogP) is 1.94. The molecule has 3 unspecified atom stereocenters. The van der Waals surface area contributed by atoms with Gasteiger partial charge in [0.25, 0.3) is 0 Å². The number of carboxylic acids is 2. The highest BCUT2D eigenvalue weighted by molar-refractivity contribution is 5.79. The molecule has 0 saturated carbocycles. The SMILES string of the molecule is CC1OC1c1ccccc1CNC(C)(CCC(=O)O)C(=O)O. The maximum Gasteiger partial charge on any atom is 0.323 e. The zero-order valence-corrected chi connectivity index (χ0v) is 12.7. The van der Waals surface area contributed by atoms with Crippen molar-refractivity contribution in [3.05, 3.63) is 35.4 Å². The Labute approximate surface area is 129 Å². The number of epoxide rings is 1. The summed E-state index contributed by atoms with van der Waals surface area (Å²) in [5.41, 5.74) is 0.745. The van der Waals surface area contributed by atoms with Gasteiger partial charge in [-0.15, -0.1) is 0 Å². The highest BCUT2D eigenvalue weighted by atomic mass is 16.6. The van der Waals surface area contributed by atoms with E-state index in [1.807, 2.05) is 31.2 Å². The number of benzene rings is 1. The van der Waals surface area contributed by atoms with E-state index in [0.29, 0.717) is 6.54 Å². The molecule has 1 aromatic rings. The molecule has 22 heavy (non-hydrogen) atoms. The average molecular weight is 307 g/mol. The number of ether oxygens (including phenoxy) is 1. The highest BCUT2D eigenvalue weighted by Gasteiger charge is 2.38. The first-order valence-corrected chi connectivity index (χ1v) is 7.27. The van der Waals surface area contributed by atoms with Crippen molar-refractivity contribution in [2.75, 3.05) is 0 Å². The first-order chi connectivity index (χ1) is 10.3. The largest absolute Gasteiger partial charge is 0.481 e. The van der Waals surface area contributed by atoms with Crippen LogP contribution in [0.1, 0.15) is 43.9 Å². The fourth-order valence-corrected chi connectivity index (χ4v) is 2.40. The number of aliphatic carboxylic acids is 2. The van der Waals surface area contributed by atoms with E-state index < -0.39 is 17.5 Å². The smallest absolute Gasteiger partial charge is 0.323 e. The van der Waals surface area contributed by atoms with Crippen LogP contribution in [0.3, 0.4) is 0 Å². The summed E-state index contributed by atoms with van der Waals surface area (Å²) in [5.74, 6) is -2.06. The van der Waals surface area contributed by atoms with Crippen LogP contribution >= 0.6 is 0 Å². The van der Waals surface area contributed by atoms with Crippen molar-refractivity contribution in [1.29, 1.82) is 0 Å². The molecule has 1 aliphatic rings. The molecule has 0 radical (unpaired) electrons. The normalized spacial score (nSPS) is 22.8. The Balaban J connectivity index is 2.06. The lowest BCUT2D eigenvalue weighted by Gasteiger charge is -2.26. The van der Waals surface area contributed by atoms with Gasteiger partial charge in [-0.3, -0.25) is 14.9 Å². The predicted molar refractivity (Wildman–Crippen MR) is 79.5 cm³/mol. The van der Waals surface area contributed by atoms with Crippen LogP contribution in [0.4, 0.5) is 0 Å². The van der Waals surface area contributed by atoms with Gasteiger partial charge in [0.1, 0.15) is 11.6 Å². The third-order valence-electron chi connectivity index (χ3n) is 4.05. The van der Waals surface area contributed by atoms with Gasteiger partial charge in [0.05, 0.1) is 6.10 Å². The molecule has 6 heteroatoms. The molecule has 0 aliphatic carbocycles. The molecule has 3 N–H and O–H groups in total. The van der Waals surface area contributed by atoms with Crippen molar-refractivity contribution >= 4 is 11.9 Å². The topological polar surface area (TPSA) is 99.2 Å². The molecule has 0 bridgehead atoms. The Hall–Kier alpha value is -1.92. The first-order valence-electron chi connectivity index (χ1n) is 7.27. The number of hydrogen-bond donors (Lipinski definition) is 3. The van der Waals surface area contributed by atoms with Crippen LogP contribution in [-0.2, 0) is 20.9 Å². The van der Waals surface area contributed by atoms with Crippen LogP contribution in [0, 0.1) is 0 Å². The third-order valence-corrected chi connectivity index (χ3v) is 4.05. The highest BCUT2D eigenvalue weighted by Crippen LogP contribution is 2.39. The summed E-state index contributed by atoms with van der Waals surface area (Å²) in [6, 6.07) is 7.72. The van der Waals surface area contributed by atoms with Crippen LogP contribution in [0.15, 0.2) is 24.3 Å². The van der Waals surface area contributed by atoms with Crippen molar-refractivity contribution < 1.29 is 24.5 Å². The molecular weight excluding hydrogens is 286 g/mol. The molecule has 120 valence electrons. The van der Waals surface area contributed by atoms with E-state index in [9.17, 15) is 14.7 Å². The number of rotatable bonds is 8. The zero-order chi connectivity index (χ0) is 16.3. The second kappa shape index (κ2) is 6.46. The van der Waals surface area contributed by atoms with Crippen molar-refractivity contribution in [1.82, 2.24) is 5.32 Å². The minimum Gasteiger partial charge on any atom is -0.481 e. The molecule has 0 spiro atoms. The minimum atomic E-state index is -1.28. The zero-order valence-electron chi connectivity index (χ0n) is 12.7. The molecule has 6 nitrogen and oxygen atoms in total. The molecule has 1 heterocycles. The summed E-state index contributed by atoms with van der Waals surface area (Å²) in [4.78, 5) is 22.2. The quantitative estimate of drug-likeness (QED) is 0.635. The Morgan fingerprint density at radius 3 is 2.50 bits per heavy atom. The summed E-state index contributed by atoms with van der Waals surface area (Å²) in [5, 5.41) is 21.1. The molecule has 2 rings (SSSR count). The number of hydrogen-bond acceptors (Lipinski definition) is 4. The standard InChI is InChI=1S/C16H21NO5/c1-10-14(22-10)12-6-4-3-5-11(12)9-17-16(2,15(20)21)8-7-13(18)19/h3-6,10,14,17H,7-9H2,1-2H3,(H,18,19)(H,20,21). The van der Waals surface area contributed by atoms with Gasteiger partial charge in [0, 0.05) is 13.0 Å². The van der Waals surface area contributed by atoms with Crippen LogP contribution in [0.2, 0.25) is 0 Å². The van der Waals surface area contributed by atoms with Crippen LogP contribution < -0.4 is 5.32 Å². The van der Waals surface area contributed by atoms with Crippen molar-refractivity contribution in [2.24, 2.45) is 0 Å². The second-order valence-electron chi connectivity index (χ2n) is 5.85. The summed E-state index contributed by atoms with van der Waals surface area (Å²) < 4.78 is 5.48. The van der Waals surface area contributed by atoms with E-state index >= 15 is 0 Å². The lowest BCUT2D eigenvalue weighted by molar-refractivity contribution is -0.145. The fraction of sp³-hybridized carbons (Fsp3) is 0.500. The van der Waals surface area contributed by atoms with Gasteiger partial charge in [-0.1, -0.05) is 24.3 Å². The van der Waals surface area contributed by atoms with E-state index in [-0.39, 0.29) is 25.0 Å². The van der Waals surface area contributed by atoms with E-state index in [4.69, 9.17) is 9.84 Å². The Morgan fingerprint density at radius 1 is 1.32 bits per heavy atom. The van der Waals surface area contributed by atoms with Gasteiger partial charge >= 0.3 is 11.9 Å². The maximum atomic E-state index is 11.5. The molecule has 1 saturated heterocycles. The lowest BCUT2D eigenvalue weighted by atomic mass is 9.94. The van der Waals surface area contributed by atoms with Gasteiger partial charge in [0.2, 0.25) is 0 Å². The van der Waals surface area contributed by atoms with Crippen LogP contribution in [0.5, 0.6) is 0 Å². The molecular formula is C16H21NO5. The number of nitrogens with one attached hydrogen (secondary N) is 1. The average Bonchev–Trinajstić information content (AvgIpc) is 3.20. The summed E-state index contributed by atoms with van der Waals surface area (Å²) in [7, 11) is 0. The van der Waals surface area contributed by atoms with Gasteiger partial charge in [-0.25, -0.2) is 0 Å². The molecule has 1 aliphatic heterocycles. The Bertz CT molecular complexity index is 573. The van der Waals surface area contributed by atoms with Gasteiger partial charge in [-0.2, -0.15) is 0 Å². The summed E-state index contributed by atoms with van der Waals surface area (Å²) in [6.45, 7) is 3.85. The summed E-state index contributed by atoms with van der Waals surface area (Å²) in [6.07, 6.45) is 0.0724. The Morgan fingerprint density at radius 2 is 1.95 bits per heavy atom. The minimum absolute atomic E-state index is 0.0240. The first kappa shape index (κ1) is 16.5. The molecule has 3 atom stereocenters. The lowest BCUT2D eigenvalue weighted by Crippen LogP contribution is -2.49. The molecule has 0 amide bonds. The van der Waals surface area contributed by atoms with Gasteiger partial charge in [-0.05, 0) is 31.4 Å². The maximum absolute atomic E-state index is 11.5. The molecule has 1 fully saturated rings. The number of carbonyl (C=O) groups is 2. The third kappa shape index (κ3) is 3.84. The van der Waals surface area contributed by atoms with Crippen LogP contribution in [0.25, 0.3) is 0 Å². The van der Waals surface area contributed by atoms with Gasteiger partial charge in [0.15, 0.2) is 0 Å². The summed E-state index contributed by atoms with van der Waals surface area (Å²) >= 11 is 0. The molecule has 1 aromatic carbocycles. The van der Waals surface area contributed by atoms with Gasteiger partial charge < -0.3 is 14.9 Å². The molecule has 0 aromatic heterocycles. The monoisotopic (exact) mass is 307 g/mol. The fourth-order valence-electron chi connectivity index (χ4n) is 2.40. The van der Waals surface area contributed by atoms with E-state index in [2.05, 4.69) is 5.32 Å². The van der Waals surface area contributed by atoms with E-state index in [1.54, 1.807) is 0 Å². The van der Waals surface area contributed by atoms with Crippen LogP contribution in [-0.4, -0.2) is 33.8 Å². The Kier molecular flexibility index (Phi) is 4.83. The van der Waals surface area contributed by atoms with E-state index in [0.717, 1.165) is 11.1 Å². The van der Waals surface area contributed by atoms with Crippen molar-refractivity contribution in [3.8, 4) is 0 Å². The van der Waals surface area contributed by atoms with Crippen molar-refractivity contribution in [2.45, 2.75) is 51.0 Å². The number of carboxylic acid groups (broad SMARTS) is 2. The van der Waals surface area contributed by atoms with E-state index in [1.165, 1.54) is 6.92 Å². The second-order valence-corrected chi connectivity index (χ2v) is 5.85.